The Morgan fingerprint density at radius 2 is 1.84 bits per heavy atom. The molecule has 0 saturated heterocycles. The standard InChI is InChI=1S/C16H21F2N7/c1-9(11-8-24(16(3,4)5)22-10(11)2)19-12-6-7-13-20-21-15(14(17)18)25(13)23-12/h6-9,14H,1-5H3,(H,19,23). The van der Waals surface area contributed by atoms with Gasteiger partial charge in [0, 0.05) is 11.8 Å². The predicted molar refractivity (Wildman–Crippen MR) is 89.7 cm³/mol. The predicted octanol–water partition coefficient (Wildman–Crippen LogP) is 3.49. The van der Waals surface area contributed by atoms with E-state index in [2.05, 4.69) is 46.5 Å². The van der Waals surface area contributed by atoms with Crippen molar-refractivity contribution in [2.24, 2.45) is 0 Å². The van der Waals surface area contributed by atoms with E-state index < -0.39 is 12.2 Å². The van der Waals surface area contributed by atoms with Crippen LogP contribution in [0.15, 0.2) is 18.3 Å². The minimum Gasteiger partial charge on any atom is -0.362 e. The van der Waals surface area contributed by atoms with Gasteiger partial charge in [0.05, 0.1) is 17.3 Å². The zero-order valence-corrected chi connectivity index (χ0v) is 14.8. The van der Waals surface area contributed by atoms with Crippen molar-refractivity contribution in [2.45, 2.75) is 52.6 Å². The van der Waals surface area contributed by atoms with Crippen LogP contribution in [0.3, 0.4) is 0 Å². The Balaban J connectivity index is 1.88. The maximum Gasteiger partial charge on any atom is 0.299 e. The molecule has 0 saturated carbocycles. The Morgan fingerprint density at radius 1 is 1.12 bits per heavy atom. The van der Waals surface area contributed by atoms with Gasteiger partial charge in [-0.15, -0.1) is 15.3 Å². The summed E-state index contributed by atoms with van der Waals surface area (Å²) < 4.78 is 28.9. The van der Waals surface area contributed by atoms with E-state index in [9.17, 15) is 8.78 Å². The third kappa shape index (κ3) is 3.31. The second-order valence-corrected chi connectivity index (χ2v) is 7.00. The molecule has 0 aliphatic rings. The fourth-order valence-corrected chi connectivity index (χ4v) is 2.56. The van der Waals surface area contributed by atoms with Crippen molar-refractivity contribution in [1.29, 1.82) is 0 Å². The van der Waals surface area contributed by atoms with Crippen LogP contribution in [0.5, 0.6) is 0 Å². The number of nitrogens with one attached hydrogen (secondary N) is 1. The van der Waals surface area contributed by atoms with Crippen molar-refractivity contribution in [3.8, 4) is 0 Å². The highest BCUT2D eigenvalue weighted by Crippen LogP contribution is 2.24. The van der Waals surface area contributed by atoms with E-state index >= 15 is 0 Å². The van der Waals surface area contributed by atoms with Gasteiger partial charge in [-0.1, -0.05) is 0 Å². The van der Waals surface area contributed by atoms with E-state index in [1.165, 1.54) is 0 Å². The summed E-state index contributed by atoms with van der Waals surface area (Å²) in [6.45, 7) is 10.2. The lowest BCUT2D eigenvalue weighted by Crippen LogP contribution is -2.22. The minimum absolute atomic E-state index is 0.0902. The van der Waals surface area contributed by atoms with Crippen molar-refractivity contribution in [3.63, 3.8) is 0 Å². The van der Waals surface area contributed by atoms with E-state index in [0.717, 1.165) is 15.8 Å². The Kier molecular flexibility index (Phi) is 4.18. The molecule has 7 nitrogen and oxygen atoms in total. The zero-order valence-electron chi connectivity index (χ0n) is 14.8. The molecule has 0 aliphatic carbocycles. The first-order valence-electron chi connectivity index (χ1n) is 8.00. The van der Waals surface area contributed by atoms with Crippen LogP contribution in [0.4, 0.5) is 14.6 Å². The molecule has 3 aromatic rings. The second-order valence-electron chi connectivity index (χ2n) is 7.00. The van der Waals surface area contributed by atoms with Crippen molar-refractivity contribution < 1.29 is 8.78 Å². The van der Waals surface area contributed by atoms with Crippen LogP contribution in [0.2, 0.25) is 0 Å². The zero-order chi connectivity index (χ0) is 18.4. The van der Waals surface area contributed by atoms with E-state index in [1.54, 1.807) is 12.1 Å². The maximum absolute atomic E-state index is 13.0. The van der Waals surface area contributed by atoms with Gasteiger partial charge in [0.25, 0.3) is 6.43 Å². The number of hydrogen-bond donors (Lipinski definition) is 1. The Hall–Kier alpha value is -2.58. The molecule has 1 unspecified atom stereocenters. The normalized spacial score (nSPS) is 13.6. The van der Waals surface area contributed by atoms with E-state index in [0.29, 0.717) is 5.82 Å². The fraction of sp³-hybridized carbons (Fsp3) is 0.500. The molecule has 0 fully saturated rings. The number of aryl methyl sites for hydroxylation is 1. The molecule has 0 aromatic carbocycles. The molecule has 134 valence electrons. The molecule has 25 heavy (non-hydrogen) atoms. The third-order valence-corrected chi connectivity index (χ3v) is 3.94. The molecule has 1 atom stereocenters. The number of anilines is 1. The summed E-state index contributed by atoms with van der Waals surface area (Å²) in [6.07, 6.45) is -0.739. The van der Waals surface area contributed by atoms with Crippen molar-refractivity contribution in [1.82, 2.24) is 29.6 Å². The molecule has 9 heteroatoms. The van der Waals surface area contributed by atoms with Gasteiger partial charge in [-0.25, -0.2) is 8.78 Å². The molecular formula is C16H21F2N7. The molecule has 0 spiro atoms. The maximum atomic E-state index is 13.0. The van der Waals surface area contributed by atoms with Crippen LogP contribution in [0.1, 0.15) is 57.2 Å². The van der Waals surface area contributed by atoms with Gasteiger partial charge in [0.15, 0.2) is 5.65 Å². The summed E-state index contributed by atoms with van der Waals surface area (Å²) in [6, 6.07) is 3.21. The van der Waals surface area contributed by atoms with Gasteiger partial charge < -0.3 is 5.32 Å². The van der Waals surface area contributed by atoms with Crippen molar-refractivity contribution in [3.05, 3.63) is 35.4 Å². The average Bonchev–Trinajstić information content (AvgIpc) is 3.09. The van der Waals surface area contributed by atoms with Crippen molar-refractivity contribution in [2.75, 3.05) is 5.32 Å². The summed E-state index contributed by atoms with van der Waals surface area (Å²) in [5.74, 6) is -0.00681. The Bertz CT molecular complexity index is 892. The highest BCUT2D eigenvalue weighted by Gasteiger charge is 2.20. The van der Waals surface area contributed by atoms with Gasteiger partial charge in [0.1, 0.15) is 5.82 Å². The van der Waals surface area contributed by atoms with Crippen LogP contribution in [-0.4, -0.2) is 29.6 Å². The number of rotatable bonds is 4. The van der Waals surface area contributed by atoms with Crippen molar-refractivity contribution >= 4 is 11.5 Å². The van der Waals surface area contributed by atoms with Gasteiger partial charge in [-0.2, -0.15) is 9.61 Å². The molecule has 0 aliphatic heterocycles. The van der Waals surface area contributed by atoms with Gasteiger partial charge in [-0.3, -0.25) is 4.68 Å². The molecule has 3 aromatic heterocycles. The molecule has 1 N–H and O–H groups in total. The minimum atomic E-state index is -2.73. The van der Waals surface area contributed by atoms with E-state index in [-0.39, 0.29) is 17.2 Å². The lowest BCUT2D eigenvalue weighted by Gasteiger charge is -2.19. The number of alkyl halides is 2. The molecule has 0 bridgehead atoms. The Morgan fingerprint density at radius 3 is 2.44 bits per heavy atom. The fourth-order valence-electron chi connectivity index (χ4n) is 2.56. The first-order chi connectivity index (χ1) is 11.7. The second kappa shape index (κ2) is 6.05. The Labute approximate surface area is 144 Å². The van der Waals surface area contributed by atoms with Crippen LogP contribution in [0, 0.1) is 6.92 Å². The number of hydrogen-bond acceptors (Lipinski definition) is 5. The highest BCUT2D eigenvalue weighted by atomic mass is 19.3. The molecular weight excluding hydrogens is 328 g/mol. The largest absolute Gasteiger partial charge is 0.362 e. The van der Waals surface area contributed by atoms with Crippen LogP contribution < -0.4 is 5.32 Å². The van der Waals surface area contributed by atoms with Crippen LogP contribution >= 0.6 is 0 Å². The third-order valence-electron chi connectivity index (χ3n) is 3.94. The van der Waals surface area contributed by atoms with Gasteiger partial charge >= 0.3 is 0 Å². The first kappa shape index (κ1) is 17.2. The average molecular weight is 349 g/mol. The number of nitrogens with zero attached hydrogens (tertiary/aromatic N) is 6. The topological polar surface area (TPSA) is 72.9 Å². The van der Waals surface area contributed by atoms with E-state index in [1.807, 2.05) is 24.7 Å². The molecule has 3 heterocycles. The number of halogens is 2. The molecule has 0 radical (unpaired) electrons. The number of aromatic nitrogens is 6. The van der Waals surface area contributed by atoms with Crippen LogP contribution in [0.25, 0.3) is 5.65 Å². The van der Waals surface area contributed by atoms with Gasteiger partial charge in [-0.05, 0) is 46.8 Å². The summed E-state index contributed by atoms with van der Waals surface area (Å²) in [5.41, 5.74) is 2.10. The first-order valence-corrected chi connectivity index (χ1v) is 8.00. The number of fused-ring (bicyclic) bond motifs is 1. The monoisotopic (exact) mass is 349 g/mol. The summed E-state index contributed by atoms with van der Waals surface area (Å²) in [5, 5.41) is 19.1. The van der Waals surface area contributed by atoms with E-state index in [4.69, 9.17) is 0 Å². The molecule has 0 amide bonds. The highest BCUT2D eigenvalue weighted by molar-refractivity contribution is 5.45. The quantitative estimate of drug-likeness (QED) is 0.780. The SMILES string of the molecule is Cc1nn(C(C)(C)C)cc1C(C)Nc1ccc2nnc(C(F)F)n2n1. The summed E-state index contributed by atoms with van der Waals surface area (Å²) >= 11 is 0. The van der Waals surface area contributed by atoms with Gasteiger partial charge in [0.2, 0.25) is 5.82 Å². The summed E-state index contributed by atoms with van der Waals surface area (Å²) in [4.78, 5) is 0. The van der Waals surface area contributed by atoms with Crippen LogP contribution in [-0.2, 0) is 5.54 Å². The molecule has 3 rings (SSSR count). The lowest BCUT2D eigenvalue weighted by atomic mass is 10.1. The lowest BCUT2D eigenvalue weighted by molar-refractivity contribution is 0.137. The smallest absolute Gasteiger partial charge is 0.299 e. The summed E-state index contributed by atoms with van der Waals surface area (Å²) in [7, 11) is 0.